The van der Waals surface area contributed by atoms with Crippen LogP contribution in [-0.4, -0.2) is 35.4 Å². The zero-order valence-corrected chi connectivity index (χ0v) is 24.3. The molecule has 0 unspecified atom stereocenters. The van der Waals surface area contributed by atoms with E-state index in [4.69, 9.17) is 4.74 Å². The van der Waals surface area contributed by atoms with E-state index in [0.717, 1.165) is 18.4 Å². The van der Waals surface area contributed by atoms with Gasteiger partial charge in [0, 0.05) is 0 Å². The Balaban J connectivity index is 2.25. The molecule has 0 aliphatic heterocycles. The molecule has 2 aromatic rings. The number of carbonyl (C=O) groups is 1. The van der Waals surface area contributed by atoms with Gasteiger partial charge in [0.2, 0.25) is 0 Å². The molecule has 0 aromatic carbocycles. The van der Waals surface area contributed by atoms with Crippen LogP contribution in [0.5, 0.6) is 0 Å². The standard InChI is InChI=1S/C16H16NO3.3C4H9.Sn/c1-3-20-16(19)13-9-12(11-6-7-11)14-10(2)5-4-8-17(14)15(13)18;3*1-3-4-2;/h4,8-9,11H,3,6-7H2,1-2H3;3*1,3-4H2,2H3;. The first-order valence-electron chi connectivity index (χ1n) is 13.3. The van der Waals surface area contributed by atoms with Gasteiger partial charge in [-0.2, -0.15) is 0 Å². The molecular formula is C28H43NO3Sn. The van der Waals surface area contributed by atoms with Crippen LogP contribution in [0.3, 0.4) is 0 Å². The molecule has 3 rings (SSSR count). The Labute approximate surface area is 204 Å². The van der Waals surface area contributed by atoms with Gasteiger partial charge in [0.1, 0.15) is 0 Å². The molecule has 0 bridgehead atoms. The molecular weight excluding hydrogens is 517 g/mol. The first kappa shape index (κ1) is 26.3. The number of hydrogen-bond acceptors (Lipinski definition) is 3. The fourth-order valence-corrected chi connectivity index (χ4v) is 22.7. The fraction of sp³-hybridized carbons (Fsp3) is 0.643. The molecule has 1 aliphatic carbocycles. The number of aromatic nitrogens is 1. The Morgan fingerprint density at radius 2 is 1.61 bits per heavy atom. The Bertz CT molecular complexity index is 1000. The van der Waals surface area contributed by atoms with E-state index in [-0.39, 0.29) is 17.7 Å². The number of carbonyl (C=O) groups excluding carboxylic acids is 1. The molecule has 5 heteroatoms. The van der Waals surface area contributed by atoms with E-state index in [9.17, 15) is 9.59 Å². The van der Waals surface area contributed by atoms with Crippen molar-refractivity contribution in [3.63, 3.8) is 0 Å². The van der Waals surface area contributed by atoms with Crippen molar-refractivity contribution < 1.29 is 9.53 Å². The number of hydrogen-bond donors (Lipinski definition) is 0. The van der Waals surface area contributed by atoms with Crippen LogP contribution in [-0.2, 0) is 4.74 Å². The minimum absolute atomic E-state index is 0.182. The average molecular weight is 560 g/mol. The second-order valence-corrected chi connectivity index (χ2v) is 23.1. The first-order valence-corrected chi connectivity index (χ1v) is 20.8. The SMILES string of the molecule is CCC[CH2][Sn]([CH2]CCC)([CH2]CCC)[c]1ccn2c(=O)c(C(=O)OCC)cc(C3CC3)c2c1C. The number of fused-ring (bicyclic) bond motifs is 1. The van der Waals surface area contributed by atoms with Gasteiger partial charge in [0.05, 0.1) is 0 Å². The van der Waals surface area contributed by atoms with Crippen molar-refractivity contribution >= 4 is 33.4 Å². The van der Waals surface area contributed by atoms with Gasteiger partial charge in [0.15, 0.2) is 0 Å². The van der Waals surface area contributed by atoms with Crippen molar-refractivity contribution in [1.82, 2.24) is 4.40 Å². The molecule has 2 aromatic heterocycles. The molecule has 0 radical (unpaired) electrons. The summed E-state index contributed by atoms with van der Waals surface area (Å²) in [5.41, 5.74) is 3.53. The Kier molecular flexibility index (Phi) is 9.49. The maximum atomic E-state index is 13.3. The van der Waals surface area contributed by atoms with E-state index < -0.39 is 24.3 Å². The van der Waals surface area contributed by atoms with Gasteiger partial charge in [-0.25, -0.2) is 0 Å². The van der Waals surface area contributed by atoms with Crippen LogP contribution in [0, 0.1) is 6.92 Å². The normalized spacial score (nSPS) is 14.1. The second kappa shape index (κ2) is 11.9. The topological polar surface area (TPSA) is 47.8 Å². The van der Waals surface area contributed by atoms with E-state index in [0.29, 0.717) is 5.92 Å². The second-order valence-electron chi connectivity index (χ2n) is 9.98. The van der Waals surface area contributed by atoms with Crippen molar-refractivity contribution in [3.8, 4) is 0 Å². The third kappa shape index (κ3) is 5.68. The van der Waals surface area contributed by atoms with Gasteiger partial charge < -0.3 is 0 Å². The van der Waals surface area contributed by atoms with Crippen molar-refractivity contribution in [2.75, 3.05) is 6.61 Å². The quantitative estimate of drug-likeness (QED) is 0.202. The Morgan fingerprint density at radius 1 is 1.03 bits per heavy atom. The third-order valence-electron chi connectivity index (χ3n) is 7.52. The summed E-state index contributed by atoms with van der Waals surface area (Å²) < 4.78 is 12.8. The van der Waals surface area contributed by atoms with E-state index >= 15 is 0 Å². The molecule has 1 aliphatic rings. The van der Waals surface area contributed by atoms with E-state index in [1.165, 1.54) is 63.0 Å². The van der Waals surface area contributed by atoms with Crippen molar-refractivity contribution in [1.29, 1.82) is 0 Å². The van der Waals surface area contributed by atoms with Crippen LogP contribution < -0.4 is 9.14 Å². The predicted molar refractivity (Wildman–Crippen MR) is 141 cm³/mol. The van der Waals surface area contributed by atoms with E-state index in [2.05, 4.69) is 33.8 Å². The van der Waals surface area contributed by atoms with Crippen LogP contribution in [0.15, 0.2) is 23.1 Å². The summed E-state index contributed by atoms with van der Waals surface area (Å²) in [7, 11) is 0. The van der Waals surface area contributed by atoms with Crippen molar-refractivity contribution in [3.05, 3.63) is 45.4 Å². The predicted octanol–water partition coefficient (Wildman–Crippen LogP) is 6.72. The summed E-state index contributed by atoms with van der Waals surface area (Å²) in [4.78, 5) is 25.9. The van der Waals surface area contributed by atoms with Crippen LogP contribution in [0.4, 0.5) is 0 Å². The molecule has 0 amide bonds. The maximum absolute atomic E-state index is 13.3. The zero-order chi connectivity index (χ0) is 24.0. The number of nitrogens with zero attached hydrogens (tertiary/aromatic N) is 1. The van der Waals surface area contributed by atoms with E-state index in [1.54, 1.807) is 14.9 Å². The summed E-state index contributed by atoms with van der Waals surface area (Å²) in [6, 6.07) is 4.15. The molecule has 1 fully saturated rings. The summed E-state index contributed by atoms with van der Waals surface area (Å²) in [5.74, 6) is -0.0443. The van der Waals surface area contributed by atoms with Crippen molar-refractivity contribution in [2.24, 2.45) is 0 Å². The van der Waals surface area contributed by atoms with Crippen LogP contribution in [0.1, 0.15) is 106 Å². The Hall–Kier alpha value is -1.30. The van der Waals surface area contributed by atoms with E-state index in [1.807, 2.05) is 12.3 Å². The molecule has 0 spiro atoms. The zero-order valence-electron chi connectivity index (χ0n) is 21.5. The van der Waals surface area contributed by atoms with Crippen molar-refractivity contribution in [2.45, 2.75) is 105 Å². The van der Waals surface area contributed by atoms with Crippen LogP contribution in [0.25, 0.3) is 5.52 Å². The van der Waals surface area contributed by atoms with Crippen LogP contribution in [0.2, 0.25) is 13.3 Å². The molecule has 0 atom stereocenters. The number of rotatable bonds is 13. The molecule has 4 nitrogen and oxygen atoms in total. The molecule has 1 saturated carbocycles. The molecule has 182 valence electrons. The summed E-state index contributed by atoms with van der Waals surface area (Å²) >= 11 is -2.66. The summed E-state index contributed by atoms with van der Waals surface area (Å²) in [6.07, 6.45) is 12.0. The minimum atomic E-state index is -2.66. The van der Waals surface area contributed by atoms with Crippen LogP contribution >= 0.6 is 0 Å². The van der Waals surface area contributed by atoms with Gasteiger partial charge in [-0.1, -0.05) is 0 Å². The Morgan fingerprint density at radius 3 is 2.09 bits per heavy atom. The molecule has 33 heavy (non-hydrogen) atoms. The average Bonchev–Trinajstić information content (AvgIpc) is 3.65. The van der Waals surface area contributed by atoms with Gasteiger partial charge in [-0.05, 0) is 0 Å². The van der Waals surface area contributed by atoms with Gasteiger partial charge in [-0.3, -0.25) is 0 Å². The number of pyridine rings is 2. The molecule has 0 N–H and O–H groups in total. The molecule has 0 saturated heterocycles. The number of ether oxygens (including phenoxy) is 1. The molecule has 2 heterocycles. The number of aryl methyl sites for hydroxylation is 1. The number of esters is 1. The third-order valence-corrected chi connectivity index (χ3v) is 23.6. The first-order chi connectivity index (χ1) is 15.9. The monoisotopic (exact) mass is 561 g/mol. The van der Waals surface area contributed by atoms with Gasteiger partial charge >= 0.3 is 205 Å². The summed E-state index contributed by atoms with van der Waals surface area (Å²) in [6.45, 7) is 11.3. The summed E-state index contributed by atoms with van der Waals surface area (Å²) in [5, 5.41) is 0. The van der Waals surface area contributed by atoms with Gasteiger partial charge in [-0.15, -0.1) is 0 Å². The fourth-order valence-electron chi connectivity index (χ4n) is 5.56. The number of unbranched alkanes of at least 4 members (excludes halogenated alkanes) is 3. The van der Waals surface area contributed by atoms with Gasteiger partial charge in [0.25, 0.3) is 0 Å².